The Morgan fingerprint density at radius 2 is 2.19 bits per heavy atom. The maximum atomic E-state index is 9.63. The van der Waals surface area contributed by atoms with Crippen LogP contribution in [0.4, 0.5) is 5.69 Å². The van der Waals surface area contributed by atoms with Gasteiger partial charge < -0.3 is 20.5 Å². The van der Waals surface area contributed by atoms with Gasteiger partial charge in [0.25, 0.3) is 5.89 Å². The van der Waals surface area contributed by atoms with Gasteiger partial charge in [0.1, 0.15) is 5.75 Å². The van der Waals surface area contributed by atoms with Crippen molar-refractivity contribution in [1.29, 1.82) is 0 Å². The number of phenolic OH excluding ortho intramolecular Hbond substituents is 1. The number of aromatic nitrogens is 2. The number of nitrogen functional groups attached to an aromatic ring is 1. The second kappa shape index (κ2) is 4.19. The van der Waals surface area contributed by atoms with E-state index in [0.29, 0.717) is 23.5 Å². The molecule has 0 aliphatic carbocycles. The lowest BCUT2D eigenvalue weighted by atomic mass is 10.2. The molecular formula is C10H11N3O3. The Balaban J connectivity index is 2.35. The number of aliphatic hydroxyl groups excluding tert-OH is 1. The number of hydrogen-bond acceptors (Lipinski definition) is 6. The van der Waals surface area contributed by atoms with Crippen LogP contribution in [-0.4, -0.2) is 27.0 Å². The van der Waals surface area contributed by atoms with Gasteiger partial charge in [0.15, 0.2) is 5.82 Å². The van der Waals surface area contributed by atoms with E-state index in [4.69, 9.17) is 15.4 Å². The lowest BCUT2D eigenvalue weighted by molar-refractivity contribution is 0.293. The number of phenols is 1. The van der Waals surface area contributed by atoms with Crippen LogP contribution in [0.15, 0.2) is 22.7 Å². The number of aromatic hydroxyl groups is 1. The average Bonchev–Trinajstić information content (AvgIpc) is 2.67. The van der Waals surface area contributed by atoms with Crippen LogP contribution < -0.4 is 5.73 Å². The molecule has 2 aromatic rings. The molecule has 0 aliphatic rings. The van der Waals surface area contributed by atoms with Gasteiger partial charge in [-0.05, 0) is 12.1 Å². The molecule has 0 fully saturated rings. The molecule has 0 bridgehead atoms. The summed E-state index contributed by atoms with van der Waals surface area (Å²) in [5.74, 6) is 0.592. The summed E-state index contributed by atoms with van der Waals surface area (Å²) in [6.45, 7) is -0.0489. The van der Waals surface area contributed by atoms with E-state index in [1.54, 1.807) is 12.1 Å². The number of hydrogen-bond donors (Lipinski definition) is 3. The van der Waals surface area contributed by atoms with E-state index < -0.39 is 0 Å². The average molecular weight is 221 g/mol. The van der Waals surface area contributed by atoms with Gasteiger partial charge in [-0.3, -0.25) is 0 Å². The van der Waals surface area contributed by atoms with E-state index in [1.807, 2.05) is 0 Å². The second-order valence-corrected chi connectivity index (χ2v) is 3.27. The van der Waals surface area contributed by atoms with Crippen molar-refractivity contribution in [2.24, 2.45) is 0 Å². The van der Waals surface area contributed by atoms with E-state index in [9.17, 15) is 5.11 Å². The minimum absolute atomic E-state index is 0.0146. The molecule has 84 valence electrons. The fourth-order valence-corrected chi connectivity index (χ4v) is 1.29. The van der Waals surface area contributed by atoms with E-state index in [2.05, 4.69) is 10.1 Å². The summed E-state index contributed by atoms with van der Waals surface area (Å²) in [6, 6.07) is 4.64. The van der Waals surface area contributed by atoms with Crippen molar-refractivity contribution >= 4 is 5.69 Å². The quantitative estimate of drug-likeness (QED) is 0.654. The zero-order valence-corrected chi connectivity index (χ0v) is 8.42. The van der Waals surface area contributed by atoms with Gasteiger partial charge in [0, 0.05) is 18.2 Å². The molecule has 0 aliphatic heterocycles. The van der Waals surface area contributed by atoms with Crippen LogP contribution in [0.2, 0.25) is 0 Å². The third-order valence-corrected chi connectivity index (χ3v) is 2.06. The highest BCUT2D eigenvalue weighted by molar-refractivity contribution is 5.66. The lowest BCUT2D eigenvalue weighted by Gasteiger charge is -1.99. The van der Waals surface area contributed by atoms with Gasteiger partial charge in [-0.25, -0.2) is 0 Å². The van der Waals surface area contributed by atoms with E-state index in [0.717, 1.165) is 0 Å². The summed E-state index contributed by atoms with van der Waals surface area (Å²) in [5.41, 5.74) is 6.38. The van der Waals surface area contributed by atoms with E-state index >= 15 is 0 Å². The number of anilines is 1. The van der Waals surface area contributed by atoms with Crippen LogP contribution in [0.25, 0.3) is 11.5 Å². The predicted octanol–water partition coefficient (Wildman–Crippen LogP) is 0.559. The molecule has 4 N–H and O–H groups in total. The van der Waals surface area contributed by atoms with Crippen LogP contribution in [0.1, 0.15) is 5.82 Å². The highest BCUT2D eigenvalue weighted by atomic mass is 16.5. The Morgan fingerprint density at radius 1 is 1.38 bits per heavy atom. The van der Waals surface area contributed by atoms with Gasteiger partial charge in [0.2, 0.25) is 0 Å². The molecule has 0 saturated carbocycles. The zero-order valence-electron chi connectivity index (χ0n) is 8.42. The Hall–Kier alpha value is -2.08. The first-order valence-corrected chi connectivity index (χ1v) is 4.73. The summed E-state index contributed by atoms with van der Waals surface area (Å²) < 4.78 is 4.95. The third-order valence-electron chi connectivity index (χ3n) is 2.06. The minimum atomic E-state index is -0.0489. The van der Waals surface area contributed by atoms with Crippen LogP contribution in [0.5, 0.6) is 5.75 Å². The number of nitrogens with two attached hydrogens (primary N) is 1. The Bertz CT molecular complexity index is 496. The Kier molecular flexibility index (Phi) is 2.74. The van der Waals surface area contributed by atoms with Crippen molar-refractivity contribution in [2.45, 2.75) is 6.42 Å². The molecule has 0 unspecified atom stereocenters. The van der Waals surface area contributed by atoms with Gasteiger partial charge >= 0.3 is 0 Å². The molecule has 1 heterocycles. The number of nitrogens with zero attached hydrogens (tertiary/aromatic N) is 2. The highest BCUT2D eigenvalue weighted by Crippen LogP contribution is 2.29. The maximum Gasteiger partial charge on any atom is 0.261 e. The monoisotopic (exact) mass is 221 g/mol. The molecule has 0 atom stereocenters. The first kappa shape index (κ1) is 10.4. The van der Waals surface area contributed by atoms with Crippen molar-refractivity contribution in [3.05, 3.63) is 24.0 Å². The first-order chi connectivity index (χ1) is 7.70. The van der Waals surface area contributed by atoms with Crippen molar-refractivity contribution in [3.63, 3.8) is 0 Å². The normalized spacial score (nSPS) is 10.6. The van der Waals surface area contributed by atoms with Gasteiger partial charge in [0.05, 0.1) is 12.2 Å². The Labute approximate surface area is 91.3 Å². The molecule has 0 spiro atoms. The van der Waals surface area contributed by atoms with Gasteiger partial charge in [-0.1, -0.05) is 5.16 Å². The third kappa shape index (κ3) is 1.96. The standard InChI is InChI=1S/C10H11N3O3/c11-6-1-2-7(8(15)5-6)10-12-9(3-4-14)13-16-10/h1-2,5,14-15H,3-4,11H2. The fraction of sp³-hybridized carbons (Fsp3) is 0.200. The van der Waals surface area contributed by atoms with Crippen molar-refractivity contribution < 1.29 is 14.7 Å². The summed E-state index contributed by atoms with van der Waals surface area (Å²) in [7, 11) is 0. The SMILES string of the molecule is Nc1ccc(-c2nc(CCO)no2)c(O)c1. The van der Waals surface area contributed by atoms with Crippen molar-refractivity contribution in [3.8, 4) is 17.2 Å². The topological polar surface area (TPSA) is 105 Å². The molecule has 0 saturated heterocycles. The number of aliphatic hydroxyl groups is 1. The van der Waals surface area contributed by atoms with E-state index in [-0.39, 0.29) is 18.2 Å². The highest BCUT2D eigenvalue weighted by Gasteiger charge is 2.12. The zero-order chi connectivity index (χ0) is 11.5. The molecule has 6 heteroatoms. The first-order valence-electron chi connectivity index (χ1n) is 4.73. The minimum Gasteiger partial charge on any atom is -0.507 e. The smallest absolute Gasteiger partial charge is 0.261 e. The number of rotatable bonds is 3. The largest absolute Gasteiger partial charge is 0.507 e. The molecular weight excluding hydrogens is 210 g/mol. The van der Waals surface area contributed by atoms with E-state index in [1.165, 1.54) is 6.07 Å². The van der Waals surface area contributed by atoms with Crippen molar-refractivity contribution in [2.75, 3.05) is 12.3 Å². The molecule has 1 aromatic carbocycles. The summed E-state index contributed by atoms with van der Waals surface area (Å²) >= 11 is 0. The number of benzene rings is 1. The maximum absolute atomic E-state index is 9.63. The molecule has 6 nitrogen and oxygen atoms in total. The summed E-state index contributed by atoms with van der Waals surface area (Å²) in [5, 5.41) is 22.0. The van der Waals surface area contributed by atoms with Crippen molar-refractivity contribution in [1.82, 2.24) is 10.1 Å². The van der Waals surface area contributed by atoms with Gasteiger partial charge in [-0.2, -0.15) is 4.98 Å². The molecule has 0 amide bonds. The molecule has 0 radical (unpaired) electrons. The second-order valence-electron chi connectivity index (χ2n) is 3.27. The molecule has 1 aromatic heterocycles. The lowest BCUT2D eigenvalue weighted by Crippen LogP contribution is -1.92. The van der Waals surface area contributed by atoms with Gasteiger partial charge in [-0.15, -0.1) is 0 Å². The Morgan fingerprint density at radius 3 is 2.88 bits per heavy atom. The van der Waals surface area contributed by atoms with Crippen LogP contribution in [0, 0.1) is 0 Å². The predicted molar refractivity (Wildman–Crippen MR) is 56.6 cm³/mol. The van der Waals surface area contributed by atoms with Crippen LogP contribution in [-0.2, 0) is 6.42 Å². The summed E-state index contributed by atoms with van der Waals surface area (Å²) in [6.07, 6.45) is 0.319. The molecule has 2 rings (SSSR count). The fourth-order valence-electron chi connectivity index (χ4n) is 1.29. The summed E-state index contributed by atoms with van der Waals surface area (Å²) in [4.78, 5) is 4.02. The van der Waals surface area contributed by atoms with Crippen LogP contribution >= 0.6 is 0 Å². The molecule has 16 heavy (non-hydrogen) atoms. The van der Waals surface area contributed by atoms with Crippen LogP contribution in [0.3, 0.4) is 0 Å².